The van der Waals surface area contributed by atoms with Gasteiger partial charge < -0.3 is 9.64 Å². The van der Waals surface area contributed by atoms with Crippen LogP contribution in [-0.2, 0) is 14.8 Å². The number of methoxy groups -OCH3 is 1. The Balaban J connectivity index is 3.06. The van der Waals surface area contributed by atoms with Crippen LogP contribution in [0.5, 0.6) is 0 Å². The van der Waals surface area contributed by atoms with E-state index >= 15 is 0 Å². The van der Waals surface area contributed by atoms with Crippen molar-refractivity contribution in [2.75, 3.05) is 27.3 Å². The molecule has 0 radical (unpaired) electrons. The molecule has 0 atom stereocenters. The second kappa shape index (κ2) is 6.78. The molecule has 0 saturated heterocycles. The summed E-state index contributed by atoms with van der Waals surface area (Å²) in [6.45, 7) is 0.816. The van der Waals surface area contributed by atoms with Crippen molar-refractivity contribution < 1.29 is 22.3 Å². The van der Waals surface area contributed by atoms with Crippen LogP contribution in [0.2, 0.25) is 0 Å². The Kier molecular flexibility index (Phi) is 5.61. The number of ether oxygens (including phenoxy) is 1. The molecule has 0 unspecified atom stereocenters. The maximum absolute atomic E-state index is 13.2. The Labute approximate surface area is 117 Å². The van der Waals surface area contributed by atoms with E-state index in [0.29, 0.717) is 19.6 Å². The molecule has 112 valence electrons. The Morgan fingerprint density at radius 1 is 1.45 bits per heavy atom. The van der Waals surface area contributed by atoms with Crippen molar-refractivity contribution in [1.82, 2.24) is 4.90 Å². The number of hydrogen-bond acceptors (Lipinski definition) is 4. The number of amides is 1. The highest BCUT2D eigenvalue weighted by Gasteiger charge is 2.22. The second-order valence-corrected chi connectivity index (χ2v) is 5.79. The fourth-order valence-electron chi connectivity index (χ4n) is 1.67. The van der Waals surface area contributed by atoms with Gasteiger partial charge in [0, 0.05) is 27.3 Å². The number of carbonyl (C=O) groups is 1. The van der Waals surface area contributed by atoms with E-state index in [-0.39, 0.29) is 10.5 Å². The number of rotatable bonds is 6. The van der Waals surface area contributed by atoms with Gasteiger partial charge in [-0.1, -0.05) is 0 Å². The number of sulfonamides is 1. The summed E-state index contributed by atoms with van der Waals surface area (Å²) in [6.07, 6.45) is 0.582. The molecular weight excluding hydrogens is 287 g/mol. The Bertz CT molecular complexity index is 589. The first-order valence-electron chi connectivity index (χ1n) is 5.84. The first kappa shape index (κ1) is 16.5. The molecule has 1 rings (SSSR count). The van der Waals surface area contributed by atoms with Gasteiger partial charge in [0.05, 0.1) is 10.5 Å². The van der Waals surface area contributed by atoms with Gasteiger partial charge in [-0.15, -0.1) is 0 Å². The Morgan fingerprint density at radius 3 is 2.65 bits per heavy atom. The van der Waals surface area contributed by atoms with E-state index in [4.69, 9.17) is 9.88 Å². The summed E-state index contributed by atoms with van der Waals surface area (Å²) in [5.41, 5.74) is -0.271. The first-order chi connectivity index (χ1) is 9.27. The average Bonchev–Trinajstić information content (AvgIpc) is 2.36. The monoisotopic (exact) mass is 304 g/mol. The molecule has 0 aromatic heterocycles. The summed E-state index contributed by atoms with van der Waals surface area (Å²) >= 11 is 0. The minimum atomic E-state index is -4.09. The predicted molar refractivity (Wildman–Crippen MR) is 71.2 cm³/mol. The highest BCUT2D eigenvalue weighted by Crippen LogP contribution is 2.17. The lowest BCUT2D eigenvalue weighted by Crippen LogP contribution is -2.30. The van der Waals surface area contributed by atoms with E-state index in [1.54, 1.807) is 0 Å². The van der Waals surface area contributed by atoms with Crippen molar-refractivity contribution in [1.29, 1.82) is 0 Å². The molecular formula is C12H17FN2O4S. The summed E-state index contributed by atoms with van der Waals surface area (Å²) in [5, 5.41) is 5.03. The minimum absolute atomic E-state index is 0.271. The molecule has 0 bridgehead atoms. The number of carbonyl (C=O) groups excluding carboxylic acids is 1. The quantitative estimate of drug-likeness (QED) is 0.779. The molecule has 2 N–H and O–H groups in total. The molecule has 0 heterocycles. The van der Waals surface area contributed by atoms with Crippen LogP contribution in [0.3, 0.4) is 0 Å². The normalized spacial score (nSPS) is 11.4. The van der Waals surface area contributed by atoms with Crippen LogP contribution in [-0.4, -0.2) is 46.5 Å². The van der Waals surface area contributed by atoms with Crippen LogP contribution >= 0.6 is 0 Å². The van der Waals surface area contributed by atoms with Gasteiger partial charge in [-0.25, -0.2) is 17.9 Å². The largest absolute Gasteiger partial charge is 0.385 e. The van der Waals surface area contributed by atoms with Gasteiger partial charge >= 0.3 is 0 Å². The van der Waals surface area contributed by atoms with Crippen LogP contribution in [0.15, 0.2) is 23.1 Å². The van der Waals surface area contributed by atoms with E-state index in [1.807, 2.05) is 0 Å². The molecule has 0 aliphatic carbocycles. The third-order valence-electron chi connectivity index (χ3n) is 2.67. The molecule has 0 saturated carbocycles. The fourth-order valence-corrected chi connectivity index (χ4v) is 2.38. The third kappa shape index (κ3) is 4.26. The third-order valence-corrected chi connectivity index (χ3v) is 3.64. The SMILES string of the molecule is COCCCN(C)C(=O)c1cc(F)ccc1S(N)(=O)=O. The number of nitrogens with two attached hydrogens (primary N) is 1. The van der Waals surface area contributed by atoms with E-state index in [1.165, 1.54) is 19.1 Å². The average molecular weight is 304 g/mol. The van der Waals surface area contributed by atoms with Crippen molar-refractivity contribution in [2.45, 2.75) is 11.3 Å². The highest BCUT2D eigenvalue weighted by atomic mass is 32.2. The van der Waals surface area contributed by atoms with Crippen LogP contribution in [0.25, 0.3) is 0 Å². The van der Waals surface area contributed by atoms with Crippen molar-refractivity contribution in [3.8, 4) is 0 Å². The van der Waals surface area contributed by atoms with Gasteiger partial charge in [0.1, 0.15) is 5.82 Å². The molecule has 6 nitrogen and oxygen atoms in total. The lowest BCUT2D eigenvalue weighted by atomic mass is 10.2. The summed E-state index contributed by atoms with van der Waals surface area (Å²) in [7, 11) is -1.06. The molecule has 8 heteroatoms. The summed E-state index contributed by atoms with van der Waals surface area (Å²) < 4.78 is 40.9. The molecule has 20 heavy (non-hydrogen) atoms. The lowest BCUT2D eigenvalue weighted by molar-refractivity contribution is 0.0775. The van der Waals surface area contributed by atoms with Gasteiger partial charge in [0.15, 0.2) is 0 Å². The highest BCUT2D eigenvalue weighted by molar-refractivity contribution is 7.89. The van der Waals surface area contributed by atoms with Gasteiger partial charge in [-0.2, -0.15) is 0 Å². The Hall–Kier alpha value is -1.51. The van der Waals surface area contributed by atoms with Crippen molar-refractivity contribution in [2.24, 2.45) is 5.14 Å². The van der Waals surface area contributed by atoms with Crippen LogP contribution in [0, 0.1) is 5.82 Å². The molecule has 1 aromatic rings. The summed E-state index contributed by atoms with van der Waals surface area (Å²) in [5.74, 6) is -1.31. The Morgan fingerprint density at radius 2 is 2.10 bits per heavy atom. The lowest BCUT2D eigenvalue weighted by Gasteiger charge is -2.18. The van der Waals surface area contributed by atoms with Crippen molar-refractivity contribution in [3.63, 3.8) is 0 Å². The van der Waals surface area contributed by atoms with Gasteiger partial charge in [0.25, 0.3) is 5.91 Å². The molecule has 1 amide bonds. The molecule has 0 fully saturated rings. The van der Waals surface area contributed by atoms with E-state index in [2.05, 4.69) is 0 Å². The number of halogens is 1. The minimum Gasteiger partial charge on any atom is -0.385 e. The summed E-state index contributed by atoms with van der Waals surface area (Å²) in [6, 6.07) is 2.80. The zero-order valence-corrected chi connectivity index (χ0v) is 12.1. The van der Waals surface area contributed by atoms with Gasteiger partial charge in [-0.3, -0.25) is 4.79 Å². The van der Waals surface area contributed by atoms with E-state index in [0.717, 1.165) is 18.2 Å². The van der Waals surface area contributed by atoms with Gasteiger partial charge in [0.2, 0.25) is 10.0 Å². The van der Waals surface area contributed by atoms with Crippen LogP contribution in [0.4, 0.5) is 4.39 Å². The maximum atomic E-state index is 13.2. The molecule has 0 spiro atoms. The van der Waals surface area contributed by atoms with Crippen LogP contribution < -0.4 is 5.14 Å². The van der Waals surface area contributed by atoms with Gasteiger partial charge in [-0.05, 0) is 24.6 Å². The van der Waals surface area contributed by atoms with E-state index < -0.39 is 21.7 Å². The van der Waals surface area contributed by atoms with Crippen molar-refractivity contribution in [3.05, 3.63) is 29.6 Å². The second-order valence-electron chi connectivity index (χ2n) is 4.26. The predicted octanol–water partition coefficient (Wildman–Crippen LogP) is 0.582. The molecule has 0 aliphatic rings. The zero-order chi connectivity index (χ0) is 15.3. The molecule has 1 aromatic carbocycles. The molecule has 0 aliphatic heterocycles. The first-order valence-corrected chi connectivity index (χ1v) is 7.38. The fraction of sp³-hybridized carbons (Fsp3) is 0.417. The number of hydrogen-bond donors (Lipinski definition) is 1. The smallest absolute Gasteiger partial charge is 0.255 e. The standard InChI is InChI=1S/C12H17FN2O4S/c1-15(6-3-7-19-2)12(16)10-8-9(13)4-5-11(10)20(14,17)18/h4-5,8H,3,6-7H2,1-2H3,(H2,14,17,18). The van der Waals surface area contributed by atoms with E-state index in [9.17, 15) is 17.6 Å². The van der Waals surface area contributed by atoms with Crippen molar-refractivity contribution >= 4 is 15.9 Å². The summed E-state index contributed by atoms with van der Waals surface area (Å²) in [4.78, 5) is 13.1. The topological polar surface area (TPSA) is 89.7 Å². The maximum Gasteiger partial charge on any atom is 0.255 e. The number of primary sulfonamides is 1. The van der Waals surface area contributed by atoms with Crippen LogP contribution in [0.1, 0.15) is 16.8 Å². The number of nitrogens with zero attached hydrogens (tertiary/aromatic N) is 1. The number of benzene rings is 1. The zero-order valence-electron chi connectivity index (χ0n) is 11.3.